The molecule has 0 bridgehead atoms. The van der Waals surface area contributed by atoms with Crippen LogP contribution in [-0.4, -0.2) is 12.1 Å². The van der Waals surface area contributed by atoms with Crippen LogP contribution in [0.1, 0.15) is 33.1 Å². The van der Waals surface area contributed by atoms with Crippen molar-refractivity contribution < 1.29 is 9.53 Å². The maximum Gasteiger partial charge on any atom is 0.306 e. The average Bonchev–Trinajstić information content (AvgIpc) is 2.35. The van der Waals surface area contributed by atoms with Crippen LogP contribution in [0.4, 0.5) is 0 Å². The first kappa shape index (κ1) is 7.14. The molecule has 0 spiro atoms. The van der Waals surface area contributed by atoms with E-state index in [1.807, 2.05) is 0 Å². The van der Waals surface area contributed by atoms with Gasteiger partial charge in [0.05, 0.1) is 6.42 Å². The van der Waals surface area contributed by atoms with Crippen molar-refractivity contribution in [2.24, 2.45) is 11.3 Å². The van der Waals surface area contributed by atoms with E-state index in [9.17, 15) is 4.79 Å². The van der Waals surface area contributed by atoms with E-state index in [0.717, 1.165) is 0 Å². The normalized spacial score (nSPS) is 40.4. The molecular formula is C9H14O2. The Kier molecular flexibility index (Phi) is 1.29. The van der Waals surface area contributed by atoms with Gasteiger partial charge in [0, 0.05) is 11.3 Å². The van der Waals surface area contributed by atoms with E-state index >= 15 is 0 Å². The molecule has 0 aromatic carbocycles. The SMILES string of the molecule is CC1(C)CC[C@@H]2CC(=O)O[C@@H]21. The third-order valence-electron chi connectivity index (χ3n) is 3.05. The molecule has 2 heteroatoms. The minimum Gasteiger partial charge on any atom is -0.461 e. The molecule has 1 aliphatic heterocycles. The number of fused-ring (bicyclic) bond motifs is 1. The van der Waals surface area contributed by atoms with Crippen LogP contribution in [0.3, 0.4) is 0 Å². The molecule has 1 saturated carbocycles. The molecule has 0 aromatic heterocycles. The van der Waals surface area contributed by atoms with Gasteiger partial charge in [-0.25, -0.2) is 0 Å². The zero-order valence-electron chi connectivity index (χ0n) is 7.09. The van der Waals surface area contributed by atoms with Gasteiger partial charge >= 0.3 is 5.97 Å². The molecule has 1 saturated heterocycles. The molecule has 0 aromatic rings. The largest absolute Gasteiger partial charge is 0.461 e. The third-order valence-corrected chi connectivity index (χ3v) is 3.05. The fourth-order valence-electron chi connectivity index (χ4n) is 2.36. The molecule has 1 aliphatic carbocycles. The quantitative estimate of drug-likeness (QED) is 0.497. The first-order chi connectivity index (χ1) is 5.09. The highest BCUT2D eigenvalue weighted by Crippen LogP contribution is 2.47. The van der Waals surface area contributed by atoms with Crippen molar-refractivity contribution in [3.8, 4) is 0 Å². The molecule has 2 nitrogen and oxygen atoms in total. The Balaban J connectivity index is 2.19. The smallest absolute Gasteiger partial charge is 0.306 e. The second-order valence-electron chi connectivity index (χ2n) is 4.40. The summed E-state index contributed by atoms with van der Waals surface area (Å²) in [5.74, 6) is 0.533. The molecule has 0 N–H and O–H groups in total. The lowest BCUT2D eigenvalue weighted by atomic mass is 9.88. The summed E-state index contributed by atoms with van der Waals surface area (Å²) in [6.45, 7) is 4.38. The Bertz CT molecular complexity index is 196. The van der Waals surface area contributed by atoms with Crippen molar-refractivity contribution in [2.45, 2.75) is 39.2 Å². The second-order valence-corrected chi connectivity index (χ2v) is 4.40. The molecule has 62 valence electrons. The molecule has 0 amide bonds. The summed E-state index contributed by atoms with van der Waals surface area (Å²) in [6.07, 6.45) is 3.25. The summed E-state index contributed by atoms with van der Waals surface area (Å²) in [7, 11) is 0. The standard InChI is InChI=1S/C9H14O2/c1-9(2)4-3-6-5-7(10)11-8(6)9/h6,8H,3-5H2,1-2H3/t6-,8+/m1/s1. The molecule has 0 unspecified atom stereocenters. The second kappa shape index (κ2) is 1.99. The van der Waals surface area contributed by atoms with Gasteiger partial charge in [-0.1, -0.05) is 13.8 Å². The van der Waals surface area contributed by atoms with Gasteiger partial charge < -0.3 is 4.74 Å². The third kappa shape index (κ3) is 0.959. The number of hydrogen-bond donors (Lipinski definition) is 0. The van der Waals surface area contributed by atoms with Crippen LogP contribution in [0.5, 0.6) is 0 Å². The Morgan fingerprint density at radius 2 is 2.27 bits per heavy atom. The lowest BCUT2D eigenvalue weighted by Crippen LogP contribution is -2.26. The van der Waals surface area contributed by atoms with Crippen molar-refractivity contribution in [2.75, 3.05) is 0 Å². The van der Waals surface area contributed by atoms with Crippen LogP contribution in [0, 0.1) is 11.3 Å². The van der Waals surface area contributed by atoms with Crippen LogP contribution < -0.4 is 0 Å². The molecule has 2 fully saturated rings. The predicted molar refractivity (Wildman–Crippen MR) is 41.0 cm³/mol. The van der Waals surface area contributed by atoms with E-state index in [4.69, 9.17) is 4.74 Å². The van der Waals surface area contributed by atoms with Crippen molar-refractivity contribution in [1.29, 1.82) is 0 Å². The molecule has 2 aliphatic rings. The lowest BCUT2D eigenvalue weighted by molar-refractivity contribution is -0.145. The number of esters is 1. The first-order valence-electron chi connectivity index (χ1n) is 4.29. The topological polar surface area (TPSA) is 26.3 Å². The van der Waals surface area contributed by atoms with Crippen molar-refractivity contribution in [3.05, 3.63) is 0 Å². The van der Waals surface area contributed by atoms with E-state index in [-0.39, 0.29) is 17.5 Å². The zero-order valence-corrected chi connectivity index (χ0v) is 7.09. The first-order valence-corrected chi connectivity index (χ1v) is 4.29. The Labute approximate surface area is 66.9 Å². The van der Waals surface area contributed by atoms with Gasteiger partial charge in [0.2, 0.25) is 0 Å². The Morgan fingerprint density at radius 3 is 2.91 bits per heavy atom. The van der Waals surface area contributed by atoms with Gasteiger partial charge in [0.25, 0.3) is 0 Å². The van der Waals surface area contributed by atoms with Crippen molar-refractivity contribution in [1.82, 2.24) is 0 Å². The fourth-order valence-corrected chi connectivity index (χ4v) is 2.36. The minimum absolute atomic E-state index is 0.00720. The van der Waals surface area contributed by atoms with Crippen LogP contribution in [0.25, 0.3) is 0 Å². The van der Waals surface area contributed by atoms with Crippen LogP contribution in [0.15, 0.2) is 0 Å². The van der Waals surface area contributed by atoms with Crippen LogP contribution >= 0.6 is 0 Å². The summed E-state index contributed by atoms with van der Waals surface area (Å²) >= 11 is 0. The summed E-state index contributed by atoms with van der Waals surface area (Å²) in [6, 6.07) is 0. The number of hydrogen-bond acceptors (Lipinski definition) is 2. The Morgan fingerprint density at radius 1 is 1.55 bits per heavy atom. The summed E-state index contributed by atoms with van der Waals surface area (Å²) in [5, 5.41) is 0. The van der Waals surface area contributed by atoms with E-state index in [1.54, 1.807) is 0 Å². The van der Waals surface area contributed by atoms with E-state index in [1.165, 1.54) is 12.8 Å². The van der Waals surface area contributed by atoms with Gasteiger partial charge in [0.1, 0.15) is 6.10 Å². The van der Waals surface area contributed by atoms with Gasteiger partial charge in [-0.15, -0.1) is 0 Å². The number of carbonyl (C=O) groups is 1. The minimum atomic E-state index is 0.00720. The molecule has 11 heavy (non-hydrogen) atoms. The average molecular weight is 154 g/mol. The lowest BCUT2D eigenvalue weighted by Gasteiger charge is -2.24. The van der Waals surface area contributed by atoms with Crippen molar-refractivity contribution in [3.63, 3.8) is 0 Å². The molecular weight excluding hydrogens is 140 g/mol. The van der Waals surface area contributed by atoms with Crippen LogP contribution in [0.2, 0.25) is 0 Å². The summed E-state index contributed by atoms with van der Waals surface area (Å²) in [4.78, 5) is 10.9. The van der Waals surface area contributed by atoms with Gasteiger partial charge in [0.15, 0.2) is 0 Å². The maximum atomic E-state index is 10.9. The van der Waals surface area contributed by atoms with E-state index < -0.39 is 0 Å². The van der Waals surface area contributed by atoms with E-state index in [2.05, 4.69) is 13.8 Å². The van der Waals surface area contributed by atoms with Gasteiger partial charge in [-0.05, 0) is 12.8 Å². The number of ether oxygens (including phenoxy) is 1. The highest BCUT2D eigenvalue weighted by molar-refractivity contribution is 5.72. The molecule has 0 radical (unpaired) electrons. The zero-order chi connectivity index (χ0) is 8.06. The number of rotatable bonds is 0. The summed E-state index contributed by atoms with van der Waals surface area (Å²) < 4.78 is 5.26. The van der Waals surface area contributed by atoms with Crippen LogP contribution in [-0.2, 0) is 9.53 Å². The van der Waals surface area contributed by atoms with E-state index in [0.29, 0.717) is 12.3 Å². The molecule has 2 atom stereocenters. The maximum absolute atomic E-state index is 10.9. The number of carbonyl (C=O) groups excluding carboxylic acids is 1. The van der Waals surface area contributed by atoms with Gasteiger partial charge in [-0.2, -0.15) is 0 Å². The summed E-state index contributed by atoms with van der Waals surface area (Å²) in [5.41, 5.74) is 0.233. The highest BCUT2D eigenvalue weighted by Gasteiger charge is 2.49. The van der Waals surface area contributed by atoms with Gasteiger partial charge in [-0.3, -0.25) is 4.79 Å². The monoisotopic (exact) mass is 154 g/mol. The molecule has 2 rings (SSSR count). The molecule has 1 heterocycles. The highest BCUT2D eigenvalue weighted by atomic mass is 16.6. The van der Waals surface area contributed by atoms with Crippen molar-refractivity contribution >= 4 is 5.97 Å². The predicted octanol–water partition coefficient (Wildman–Crippen LogP) is 1.74. The fraction of sp³-hybridized carbons (Fsp3) is 0.889. The Hall–Kier alpha value is -0.530.